The molecule has 1 aliphatic heterocycles. The van der Waals surface area contributed by atoms with Crippen LogP contribution in [0.5, 0.6) is 5.75 Å². The Morgan fingerprint density at radius 3 is 2.82 bits per heavy atom. The van der Waals surface area contributed by atoms with Gasteiger partial charge < -0.3 is 25.3 Å². The smallest absolute Gasteiger partial charge is 0.260 e. The van der Waals surface area contributed by atoms with Crippen LogP contribution in [0.25, 0.3) is 32.9 Å². The third kappa shape index (κ3) is 5.16. The zero-order valence-corrected chi connectivity index (χ0v) is 25.9. The summed E-state index contributed by atoms with van der Waals surface area (Å²) >= 11 is 0. The molecule has 0 saturated heterocycles. The maximum atomic E-state index is 13.4. The second kappa shape index (κ2) is 11.7. The van der Waals surface area contributed by atoms with E-state index in [1.54, 1.807) is 24.1 Å². The summed E-state index contributed by atoms with van der Waals surface area (Å²) in [5.74, 6) is 0.878. The normalized spacial score (nSPS) is 14.3. The fourth-order valence-corrected chi connectivity index (χ4v) is 6.56. The maximum absolute atomic E-state index is 13.4. The van der Waals surface area contributed by atoms with Gasteiger partial charge in [0.05, 0.1) is 16.8 Å². The van der Waals surface area contributed by atoms with Gasteiger partial charge in [-0.1, -0.05) is 38.7 Å². The molecule has 228 valence electrons. The highest BCUT2D eigenvalue weighted by atomic mass is 16.5. The average Bonchev–Trinajstić information content (AvgIpc) is 3.67. The van der Waals surface area contributed by atoms with Gasteiger partial charge in [-0.25, -0.2) is 0 Å². The quantitative estimate of drug-likeness (QED) is 0.252. The van der Waals surface area contributed by atoms with Crippen LogP contribution in [0, 0.1) is 5.92 Å². The first kappa shape index (κ1) is 29.3. The topological polar surface area (TPSA) is 107 Å². The van der Waals surface area contributed by atoms with Crippen molar-refractivity contribution in [3.63, 3.8) is 0 Å². The highest BCUT2D eigenvalue weighted by Gasteiger charge is 2.35. The van der Waals surface area contributed by atoms with E-state index in [1.165, 1.54) is 11.1 Å². The number of amides is 2. The molecule has 0 bridgehead atoms. The van der Waals surface area contributed by atoms with Gasteiger partial charge in [-0.3, -0.25) is 14.3 Å². The number of benzene rings is 2. The van der Waals surface area contributed by atoms with Crippen LogP contribution in [0.2, 0.25) is 0 Å². The molecule has 3 N–H and O–H groups in total. The summed E-state index contributed by atoms with van der Waals surface area (Å²) in [5, 5.41) is 9.94. The van der Waals surface area contributed by atoms with Crippen LogP contribution in [0.15, 0.2) is 61.0 Å². The Kier molecular flexibility index (Phi) is 7.80. The molecule has 2 aromatic carbocycles. The van der Waals surface area contributed by atoms with Gasteiger partial charge in [-0.15, -0.1) is 0 Å². The molecular formula is C35H40N6O3. The van der Waals surface area contributed by atoms with Gasteiger partial charge in [0, 0.05) is 79.5 Å². The van der Waals surface area contributed by atoms with Gasteiger partial charge in [0.2, 0.25) is 0 Å². The number of fused-ring (bicyclic) bond motifs is 10. The van der Waals surface area contributed by atoms with E-state index in [4.69, 9.17) is 15.6 Å². The molecule has 9 heteroatoms. The van der Waals surface area contributed by atoms with Crippen LogP contribution < -0.4 is 15.8 Å². The Labute approximate surface area is 257 Å². The van der Waals surface area contributed by atoms with Gasteiger partial charge in [-0.05, 0) is 54.2 Å². The lowest BCUT2D eigenvalue weighted by Gasteiger charge is -2.22. The van der Waals surface area contributed by atoms with Gasteiger partial charge in [0.1, 0.15) is 5.75 Å². The Morgan fingerprint density at radius 2 is 2.05 bits per heavy atom. The number of carbonyl (C=O) groups excluding carboxylic acids is 2. The third-order valence-electron chi connectivity index (χ3n) is 8.54. The summed E-state index contributed by atoms with van der Waals surface area (Å²) in [4.78, 5) is 27.9. The maximum Gasteiger partial charge on any atom is 0.260 e. The molecule has 1 aliphatic carbocycles. The highest BCUT2D eigenvalue weighted by molar-refractivity contribution is 6.19. The van der Waals surface area contributed by atoms with Gasteiger partial charge in [-0.2, -0.15) is 5.10 Å². The predicted octanol–water partition coefficient (Wildman–Crippen LogP) is 5.01. The first-order valence-corrected chi connectivity index (χ1v) is 15.2. The van der Waals surface area contributed by atoms with Crippen LogP contribution in [-0.4, -0.2) is 51.3 Å². The number of hydrogen-bond acceptors (Lipinski definition) is 5. The molecule has 3 heterocycles. The minimum absolute atomic E-state index is 0.0344. The van der Waals surface area contributed by atoms with Crippen molar-refractivity contribution in [2.75, 3.05) is 20.2 Å². The van der Waals surface area contributed by atoms with Crippen molar-refractivity contribution in [2.24, 2.45) is 18.7 Å². The van der Waals surface area contributed by atoms with Crippen molar-refractivity contribution in [2.45, 2.75) is 46.2 Å². The number of nitrogens with two attached hydrogens (primary N) is 1. The molecular weight excluding hydrogens is 552 g/mol. The Hall–Kier alpha value is -4.79. The highest BCUT2D eigenvalue weighted by Crippen LogP contribution is 2.47. The van der Waals surface area contributed by atoms with Crippen LogP contribution in [0.1, 0.15) is 47.4 Å². The molecule has 0 fully saturated rings. The molecule has 2 aliphatic rings. The van der Waals surface area contributed by atoms with Crippen LogP contribution in [-0.2, 0) is 37.8 Å². The number of nitrogens with zero attached hydrogens (tertiary/aromatic N) is 4. The SMILES string of the molecule is C=C/C=C\C=C(/N)CCN(C)C(=O)COc1ccc2c(c1)c1c3c(c4c(c1n2CC(C)C)CCc1nn(C)cc1-4)C(=O)NC3. The molecule has 0 radical (unpaired) electrons. The third-order valence-corrected chi connectivity index (χ3v) is 8.54. The zero-order chi connectivity index (χ0) is 31.1. The van der Waals surface area contributed by atoms with Crippen molar-refractivity contribution < 1.29 is 14.3 Å². The van der Waals surface area contributed by atoms with Crippen molar-refractivity contribution in [3.05, 3.63) is 83.4 Å². The number of rotatable bonds is 10. The molecule has 6 rings (SSSR count). The van der Waals surface area contributed by atoms with Gasteiger partial charge in [0.15, 0.2) is 6.61 Å². The predicted molar refractivity (Wildman–Crippen MR) is 174 cm³/mol. The van der Waals surface area contributed by atoms with Crippen LogP contribution in [0.4, 0.5) is 0 Å². The Balaban J connectivity index is 1.37. The molecule has 9 nitrogen and oxygen atoms in total. The molecule has 0 unspecified atom stereocenters. The summed E-state index contributed by atoms with van der Waals surface area (Å²) in [6, 6.07) is 6.06. The van der Waals surface area contributed by atoms with Crippen LogP contribution in [0.3, 0.4) is 0 Å². The van der Waals surface area contributed by atoms with Crippen LogP contribution >= 0.6 is 0 Å². The monoisotopic (exact) mass is 592 g/mol. The number of aromatic nitrogens is 3. The molecule has 0 atom stereocenters. The number of carbonyl (C=O) groups is 2. The largest absolute Gasteiger partial charge is 0.484 e. The second-order valence-corrected chi connectivity index (χ2v) is 12.2. The average molecular weight is 593 g/mol. The first-order chi connectivity index (χ1) is 21.2. The summed E-state index contributed by atoms with van der Waals surface area (Å²) < 4.78 is 10.3. The Bertz CT molecular complexity index is 1870. The number of nitrogens with one attached hydrogen (secondary N) is 1. The molecule has 0 spiro atoms. The van der Waals surface area contributed by atoms with E-state index >= 15 is 0 Å². The van der Waals surface area contributed by atoms with E-state index in [0.717, 1.165) is 63.6 Å². The molecule has 0 saturated carbocycles. The lowest BCUT2D eigenvalue weighted by Crippen LogP contribution is -2.32. The zero-order valence-electron chi connectivity index (χ0n) is 25.9. The van der Waals surface area contributed by atoms with E-state index in [2.05, 4.69) is 36.4 Å². The van der Waals surface area contributed by atoms with Crippen molar-refractivity contribution in [1.82, 2.24) is 24.6 Å². The lowest BCUT2D eigenvalue weighted by atomic mass is 9.82. The van der Waals surface area contributed by atoms with Crippen molar-refractivity contribution >= 4 is 33.6 Å². The summed E-state index contributed by atoms with van der Waals surface area (Å²) in [6.45, 7) is 9.83. The number of aryl methyl sites for hydroxylation is 3. The van der Waals surface area contributed by atoms with E-state index in [-0.39, 0.29) is 18.4 Å². The Morgan fingerprint density at radius 1 is 1.23 bits per heavy atom. The minimum atomic E-state index is -0.126. The van der Waals surface area contributed by atoms with E-state index in [1.807, 2.05) is 42.2 Å². The van der Waals surface area contributed by atoms with E-state index in [9.17, 15) is 9.59 Å². The lowest BCUT2D eigenvalue weighted by molar-refractivity contribution is -0.132. The van der Waals surface area contributed by atoms with Gasteiger partial charge >= 0.3 is 0 Å². The van der Waals surface area contributed by atoms with E-state index in [0.29, 0.717) is 36.9 Å². The second-order valence-electron chi connectivity index (χ2n) is 12.2. The van der Waals surface area contributed by atoms with Crippen molar-refractivity contribution in [1.29, 1.82) is 0 Å². The summed E-state index contributed by atoms with van der Waals surface area (Å²) in [7, 11) is 3.69. The number of hydrogen-bond donors (Lipinski definition) is 2. The fraction of sp³-hybridized carbons (Fsp3) is 0.343. The molecule has 2 aromatic heterocycles. The van der Waals surface area contributed by atoms with Crippen molar-refractivity contribution in [3.8, 4) is 16.9 Å². The summed E-state index contributed by atoms with van der Waals surface area (Å²) in [5.41, 5.74) is 15.2. The molecule has 44 heavy (non-hydrogen) atoms. The minimum Gasteiger partial charge on any atom is -0.484 e. The van der Waals surface area contributed by atoms with Gasteiger partial charge in [0.25, 0.3) is 11.8 Å². The molecule has 2 amide bonds. The number of allylic oxidation sites excluding steroid dienone is 4. The molecule has 4 aromatic rings. The van der Waals surface area contributed by atoms with E-state index < -0.39 is 0 Å². The number of likely N-dealkylation sites (N-methyl/N-ethyl adjacent to an activating group) is 1. The number of ether oxygens (including phenoxy) is 1. The standard InChI is InChI=1S/C35H40N6O3/c1-6-7-8-9-22(36)14-15-39(4)30(42)20-44-23-10-13-29-25(16-23)32-26-17-37-35(43)33(26)31-24(34(32)41(29)18-21(2)3)11-12-28-27(31)19-40(5)38-28/h6-10,13,16,19,21H,1,11-12,14-15,17-18,20,36H2,2-5H3,(H,37,43)/b8-7-,22-9-. The summed E-state index contributed by atoms with van der Waals surface area (Å²) in [6.07, 6.45) is 11.4. The first-order valence-electron chi connectivity index (χ1n) is 15.2. The fourth-order valence-electron chi connectivity index (χ4n) is 6.56.